The fourth-order valence-corrected chi connectivity index (χ4v) is 3.00. The minimum Gasteiger partial charge on any atom is -0.508 e. The Bertz CT molecular complexity index is 693. The number of phenols is 1. The fraction of sp³-hybridized carbons (Fsp3) is 0.556. The summed E-state index contributed by atoms with van der Waals surface area (Å²) in [5.74, 6) is 0.551. The average Bonchev–Trinajstić information content (AvgIpc) is 2.64. The summed E-state index contributed by atoms with van der Waals surface area (Å²) in [7, 11) is -1.04. The largest absolute Gasteiger partial charge is 0.525 e. The van der Waals surface area contributed by atoms with Gasteiger partial charge in [0.25, 0.3) is 0 Å². The number of phenolic OH excluding ortho intramolecular Hbond substituents is 1. The van der Waals surface area contributed by atoms with Crippen molar-refractivity contribution < 1.29 is 23.5 Å². The van der Waals surface area contributed by atoms with E-state index in [1.165, 1.54) is 12.1 Å². The number of benzene rings is 1. The number of fused-ring (bicyclic) bond motifs is 1. The molecule has 0 unspecified atom stereocenters. The van der Waals surface area contributed by atoms with Gasteiger partial charge in [-0.2, -0.15) is 0 Å². The molecule has 1 aromatic rings. The molecule has 6 heteroatoms. The lowest BCUT2D eigenvalue weighted by Gasteiger charge is -2.34. The molecule has 0 spiro atoms. The number of halogens is 1. The molecule has 0 saturated carbocycles. The van der Waals surface area contributed by atoms with Crippen LogP contribution in [0.5, 0.6) is 11.5 Å². The first kappa shape index (κ1) is 17.3. The normalized spacial score (nSPS) is 25.9. The van der Waals surface area contributed by atoms with E-state index in [-0.39, 0.29) is 5.75 Å². The summed E-state index contributed by atoms with van der Waals surface area (Å²) in [6.45, 7) is 11.3. The van der Waals surface area contributed by atoms with Crippen LogP contribution in [-0.4, -0.2) is 29.0 Å². The van der Waals surface area contributed by atoms with E-state index in [0.29, 0.717) is 23.3 Å². The number of hydrogen-bond donors (Lipinski definition) is 1. The minimum atomic E-state index is -1.04. The van der Waals surface area contributed by atoms with Gasteiger partial charge in [0.1, 0.15) is 22.8 Å². The van der Waals surface area contributed by atoms with Crippen molar-refractivity contribution in [2.75, 3.05) is 0 Å². The van der Waals surface area contributed by atoms with Crippen LogP contribution in [0.4, 0.5) is 4.39 Å². The second-order valence-electron chi connectivity index (χ2n) is 8.13. The Balaban J connectivity index is 2.06. The van der Waals surface area contributed by atoms with E-state index in [9.17, 15) is 5.11 Å². The Morgan fingerprint density at radius 1 is 1.08 bits per heavy atom. The molecule has 2 aliphatic rings. The van der Waals surface area contributed by atoms with Gasteiger partial charge < -0.3 is 19.2 Å². The van der Waals surface area contributed by atoms with E-state index in [1.807, 2.05) is 41.5 Å². The zero-order chi connectivity index (χ0) is 17.9. The summed E-state index contributed by atoms with van der Waals surface area (Å²) in [5, 5.41) is 9.69. The van der Waals surface area contributed by atoms with E-state index in [4.69, 9.17) is 14.0 Å². The van der Waals surface area contributed by atoms with Crippen LogP contribution in [0, 0.1) is 0 Å². The van der Waals surface area contributed by atoms with Crippen molar-refractivity contribution in [1.29, 1.82) is 0 Å². The van der Waals surface area contributed by atoms with Gasteiger partial charge in [0.15, 0.2) is 0 Å². The van der Waals surface area contributed by atoms with E-state index in [0.717, 1.165) is 0 Å². The van der Waals surface area contributed by atoms with Crippen molar-refractivity contribution in [2.45, 2.75) is 64.8 Å². The van der Waals surface area contributed by atoms with Crippen LogP contribution in [0.25, 0.3) is 5.57 Å². The highest BCUT2D eigenvalue weighted by Crippen LogP contribution is 2.46. The summed E-state index contributed by atoms with van der Waals surface area (Å²) >= 11 is 0. The molecular weight excluding hydrogens is 310 g/mol. The zero-order valence-corrected chi connectivity index (χ0v) is 15.1. The SMILES string of the molecule is CC1(C)CC(=C(F)B2OC(C)(C)C(C)(C)O2)c2ccc(O)cc2O1. The summed E-state index contributed by atoms with van der Waals surface area (Å²) < 4.78 is 32.9. The number of aromatic hydroxyl groups is 1. The molecule has 4 nitrogen and oxygen atoms in total. The van der Waals surface area contributed by atoms with Gasteiger partial charge in [-0.1, -0.05) is 0 Å². The highest BCUT2D eigenvalue weighted by atomic mass is 19.1. The summed E-state index contributed by atoms with van der Waals surface area (Å²) in [6, 6.07) is 4.70. The van der Waals surface area contributed by atoms with Crippen LogP contribution in [0.3, 0.4) is 0 Å². The van der Waals surface area contributed by atoms with Gasteiger partial charge in [0.05, 0.1) is 11.2 Å². The molecule has 24 heavy (non-hydrogen) atoms. The first-order valence-electron chi connectivity index (χ1n) is 8.18. The van der Waals surface area contributed by atoms with E-state index in [1.54, 1.807) is 6.07 Å². The number of ether oxygens (including phenoxy) is 1. The maximum absolute atomic E-state index is 15.3. The van der Waals surface area contributed by atoms with Crippen LogP contribution in [0.1, 0.15) is 53.5 Å². The molecule has 0 radical (unpaired) electrons. The Kier molecular flexibility index (Phi) is 3.77. The zero-order valence-electron chi connectivity index (χ0n) is 15.1. The Labute approximate surface area is 142 Å². The summed E-state index contributed by atoms with van der Waals surface area (Å²) in [5.41, 5.74) is -1.10. The monoisotopic (exact) mass is 334 g/mol. The molecule has 1 saturated heterocycles. The molecule has 3 rings (SSSR count). The van der Waals surface area contributed by atoms with Crippen LogP contribution in [-0.2, 0) is 9.31 Å². The molecule has 0 aromatic heterocycles. The molecule has 1 fully saturated rings. The second kappa shape index (κ2) is 5.23. The number of hydrogen-bond acceptors (Lipinski definition) is 4. The third-order valence-corrected chi connectivity index (χ3v) is 5.03. The van der Waals surface area contributed by atoms with Crippen LogP contribution in [0.2, 0.25) is 0 Å². The summed E-state index contributed by atoms with van der Waals surface area (Å²) in [6.07, 6.45) is 0.390. The third-order valence-electron chi connectivity index (χ3n) is 5.03. The van der Waals surface area contributed by atoms with Crippen molar-refractivity contribution >= 4 is 12.7 Å². The van der Waals surface area contributed by atoms with Crippen molar-refractivity contribution in [3.63, 3.8) is 0 Å². The predicted molar refractivity (Wildman–Crippen MR) is 91.5 cm³/mol. The average molecular weight is 334 g/mol. The van der Waals surface area contributed by atoms with Gasteiger partial charge in [-0.25, -0.2) is 4.39 Å². The molecule has 1 aromatic carbocycles. The maximum atomic E-state index is 15.3. The second-order valence-corrected chi connectivity index (χ2v) is 8.13. The molecule has 1 N–H and O–H groups in total. The molecule has 0 atom stereocenters. The first-order chi connectivity index (χ1) is 10.9. The molecule has 0 bridgehead atoms. The standard InChI is InChI=1S/C18H24BFO4/c1-16(2)10-13(12-8-7-11(21)9-14(12)22-16)15(20)19-23-17(3,4)18(5,6)24-19/h7-9,21H,10H2,1-6H3. The Morgan fingerprint density at radius 3 is 2.25 bits per heavy atom. The smallest absolute Gasteiger partial charge is 0.508 e. The maximum Gasteiger partial charge on any atom is 0.525 e. The predicted octanol–water partition coefficient (Wildman–Crippen LogP) is 4.27. The van der Waals surface area contributed by atoms with Gasteiger partial charge in [0.2, 0.25) is 0 Å². The lowest BCUT2D eigenvalue weighted by molar-refractivity contribution is 0.00578. The van der Waals surface area contributed by atoms with E-state index in [2.05, 4.69) is 0 Å². The molecule has 0 amide bonds. The van der Waals surface area contributed by atoms with Crippen molar-refractivity contribution in [3.8, 4) is 11.5 Å². The molecule has 0 aliphatic carbocycles. The fourth-order valence-electron chi connectivity index (χ4n) is 3.00. The van der Waals surface area contributed by atoms with Crippen molar-refractivity contribution in [3.05, 3.63) is 29.5 Å². The minimum absolute atomic E-state index is 0.0850. The highest BCUT2D eigenvalue weighted by molar-refractivity contribution is 6.55. The van der Waals surface area contributed by atoms with Crippen molar-refractivity contribution in [1.82, 2.24) is 0 Å². The third kappa shape index (κ3) is 2.82. The Hall–Kier alpha value is -1.53. The van der Waals surface area contributed by atoms with Gasteiger partial charge in [0, 0.05) is 18.1 Å². The van der Waals surface area contributed by atoms with Gasteiger partial charge in [-0.05, 0) is 59.2 Å². The van der Waals surface area contributed by atoms with Gasteiger partial charge >= 0.3 is 7.12 Å². The Morgan fingerprint density at radius 2 is 1.67 bits per heavy atom. The van der Waals surface area contributed by atoms with Crippen LogP contribution >= 0.6 is 0 Å². The molecule has 2 heterocycles. The topological polar surface area (TPSA) is 47.9 Å². The van der Waals surface area contributed by atoms with E-state index < -0.39 is 29.6 Å². The lowest BCUT2D eigenvalue weighted by atomic mass is 9.78. The van der Waals surface area contributed by atoms with Crippen LogP contribution in [0.15, 0.2) is 23.9 Å². The number of rotatable bonds is 1. The molecule has 130 valence electrons. The molecular formula is C18H24BFO4. The first-order valence-corrected chi connectivity index (χ1v) is 8.18. The molecule has 2 aliphatic heterocycles. The van der Waals surface area contributed by atoms with Gasteiger partial charge in [-0.15, -0.1) is 0 Å². The summed E-state index contributed by atoms with van der Waals surface area (Å²) in [4.78, 5) is 0. The lowest BCUT2D eigenvalue weighted by Crippen LogP contribution is -2.41. The van der Waals surface area contributed by atoms with E-state index >= 15 is 4.39 Å². The van der Waals surface area contributed by atoms with Crippen molar-refractivity contribution in [2.24, 2.45) is 0 Å². The highest BCUT2D eigenvalue weighted by Gasteiger charge is 2.54. The van der Waals surface area contributed by atoms with Crippen LogP contribution < -0.4 is 4.74 Å². The van der Waals surface area contributed by atoms with Gasteiger partial charge in [-0.3, -0.25) is 0 Å². The quantitative estimate of drug-likeness (QED) is 0.780.